The predicted octanol–water partition coefficient (Wildman–Crippen LogP) is 4.54. The lowest BCUT2D eigenvalue weighted by Crippen LogP contribution is -2.08. The van der Waals surface area contributed by atoms with E-state index in [9.17, 15) is 13.2 Å². The maximum Gasteiger partial charge on any atom is 0.416 e. The molecule has 1 aromatic heterocycles. The monoisotopic (exact) mass is 389 g/mol. The number of methoxy groups -OCH3 is 2. The Morgan fingerprint density at radius 3 is 2.61 bits per heavy atom. The summed E-state index contributed by atoms with van der Waals surface area (Å²) in [7, 11) is 3.13. The number of alkyl halides is 3. The molecule has 1 aliphatic rings. The zero-order chi connectivity index (χ0) is 19.9. The molecule has 0 fully saturated rings. The van der Waals surface area contributed by atoms with E-state index in [1.54, 1.807) is 32.4 Å². The second kappa shape index (κ2) is 6.78. The number of rotatable bonds is 4. The van der Waals surface area contributed by atoms with E-state index in [4.69, 9.17) is 9.47 Å². The normalized spacial score (nSPS) is 13.2. The van der Waals surface area contributed by atoms with Gasteiger partial charge in [-0.25, -0.2) is 4.68 Å². The highest BCUT2D eigenvalue weighted by Crippen LogP contribution is 2.40. The number of nitrogens with one attached hydrogen (secondary N) is 1. The molecule has 0 aliphatic carbocycles. The molecule has 2 aromatic carbocycles. The summed E-state index contributed by atoms with van der Waals surface area (Å²) in [6.45, 7) is 0.686. The van der Waals surface area contributed by atoms with Crippen molar-refractivity contribution in [1.82, 2.24) is 9.78 Å². The minimum absolute atomic E-state index is 0.341. The molecule has 4 rings (SSSR count). The van der Waals surface area contributed by atoms with Gasteiger partial charge in [0.2, 0.25) is 0 Å². The van der Waals surface area contributed by atoms with Crippen molar-refractivity contribution >= 4 is 5.82 Å². The largest absolute Gasteiger partial charge is 0.497 e. The van der Waals surface area contributed by atoms with Crippen LogP contribution in [0.15, 0.2) is 42.5 Å². The molecule has 5 nitrogen and oxygen atoms in total. The fraction of sp³-hybridized carbons (Fsp3) is 0.250. The molecule has 1 aliphatic heterocycles. The van der Waals surface area contributed by atoms with Gasteiger partial charge >= 0.3 is 6.18 Å². The maximum atomic E-state index is 13.1. The molecule has 8 heteroatoms. The number of anilines is 1. The number of hydrogen-bond acceptors (Lipinski definition) is 4. The van der Waals surface area contributed by atoms with Crippen molar-refractivity contribution in [2.75, 3.05) is 26.1 Å². The van der Waals surface area contributed by atoms with Gasteiger partial charge in [-0.3, -0.25) is 0 Å². The first-order valence-electron chi connectivity index (χ1n) is 8.68. The van der Waals surface area contributed by atoms with Gasteiger partial charge < -0.3 is 14.8 Å². The van der Waals surface area contributed by atoms with Crippen LogP contribution in [0, 0.1) is 0 Å². The van der Waals surface area contributed by atoms with Crippen molar-refractivity contribution in [1.29, 1.82) is 0 Å². The molecule has 0 bridgehead atoms. The lowest BCUT2D eigenvalue weighted by Gasteiger charge is -2.11. The first kappa shape index (κ1) is 18.2. The maximum absolute atomic E-state index is 13.1. The Morgan fingerprint density at radius 2 is 1.89 bits per heavy atom. The first-order valence-corrected chi connectivity index (χ1v) is 8.68. The van der Waals surface area contributed by atoms with Crippen LogP contribution >= 0.6 is 0 Å². The second-order valence-corrected chi connectivity index (χ2v) is 6.38. The molecule has 0 saturated carbocycles. The molecule has 0 saturated heterocycles. The summed E-state index contributed by atoms with van der Waals surface area (Å²) in [6, 6.07) is 10.5. The molecule has 146 valence electrons. The molecule has 0 spiro atoms. The summed E-state index contributed by atoms with van der Waals surface area (Å²) in [5.74, 6) is 1.95. The third-order valence-corrected chi connectivity index (χ3v) is 4.73. The van der Waals surface area contributed by atoms with Gasteiger partial charge in [0.25, 0.3) is 0 Å². The van der Waals surface area contributed by atoms with Gasteiger partial charge in [0.1, 0.15) is 23.0 Å². The Kier molecular flexibility index (Phi) is 4.41. The standard InChI is InChI=1S/C20H18F3N3O2/c1-27-14-6-7-17(28-2)16(11-14)18-15-8-9-24-19(15)26(25-18)13-5-3-4-12(10-13)20(21,22)23/h3-7,10-11,24H,8-9H2,1-2H3. The summed E-state index contributed by atoms with van der Waals surface area (Å²) < 4.78 is 51.7. The van der Waals surface area contributed by atoms with Crippen LogP contribution in [0.1, 0.15) is 11.1 Å². The summed E-state index contributed by atoms with van der Waals surface area (Å²) in [5.41, 5.74) is 1.95. The van der Waals surface area contributed by atoms with Gasteiger partial charge in [-0.1, -0.05) is 6.07 Å². The predicted molar refractivity (Wildman–Crippen MR) is 99.3 cm³/mol. The number of hydrogen-bond donors (Lipinski definition) is 1. The summed E-state index contributed by atoms with van der Waals surface area (Å²) in [5, 5.41) is 7.86. The highest BCUT2D eigenvalue weighted by molar-refractivity contribution is 5.77. The Hall–Kier alpha value is -3.16. The third-order valence-electron chi connectivity index (χ3n) is 4.73. The Labute approximate surface area is 159 Å². The van der Waals surface area contributed by atoms with Gasteiger partial charge in [0.15, 0.2) is 0 Å². The van der Waals surface area contributed by atoms with Crippen molar-refractivity contribution < 1.29 is 22.6 Å². The lowest BCUT2D eigenvalue weighted by atomic mass is 10.1. The highest BCUT2D eigenvalue weighted by atomic mass is 19.4. The molecular formula is C20H18F3N3O2. The third kappa shape index (κ3) is 3.04. The number of benzene rings is 2. The molecular weight excluding hydrogens is 371 g/mol. The van der Waals surface area contributed by atoms with Crippen LogP contribution in [0.25, 0.3) is 16.9 Å². The fourth-order valence-electron chi connectivity index (χ4n) is 3.39. The van der Waals surface area contributed by atoms with E-state index in [1.165, 1.54) is 10.7 Å². The zero-order valence-corrected chi connectivity index (χ0v) is 15.3. The van der Waals surface area contributed by atoms with Crippen molar-refractivity contribution in [2.45, 2.75) is 12.6 Å². The molecule has 0 amide bonds. The molecule has 2 heterocycles. The van der Waals surface area contributed by atoms with Crippen LogP contribution in [-0.4, -0.2) is 30.5 Å². The number of halogens is 3. The zero-order valence-electron chi connectivity index (χ0n) is 15.3. The molecule has 3 aromatic rings. The van der Waals surface area contributed by atoms with E-state index in [-0.39, 0.29) is 0 Å². The number of fused-ring (bicyclic) bond motifs is 1. The van der Waals surface area contributed by atoms with E-state index in [0.717, 1.165) is 23.3 Å². The Bertz CT molecular complexity index is 1030. The van der Waals surface area contributed by atoms with Gasteiger partial charge in [-0.15, -0.1) is 0 Å². The van der Waals surface area contributed by atoms with Crippen LogP contribution in [0.2, 0.25) is 0 Å². The van der Waals surface area contributed by atoms with Crippen molar-refractivity contribution in [2.24, 2.45) is 0 Å². The van der Waals surface area contributed by atoms with Crippen LogP contribution in [0.5, 0.6) is 11.5 Å². The Morgan fingerprint density at radius 1 is 1.07 bits per heavy atom. The van der Waals surface area contributed by atoms with Crippen LogP contribution in [0.4, 0.5) is 19.0 Å². The number of nitrogens with zero attached hydrogens (tertiary/aromatic N) is 2. The van der Waals surface area contributed by atoms with E-state index in [2.05, 4.69) is 10.4 Å². The second-order valence-electron chi connectivity index (χ2n) is 6.38. The van der Waals surface area contributed by atoms with Crippen LogP contribution in [0.3, 0.4) is 0 Å². The number of aromatic nitrogens is 2. The number of ether oxygens (including phenoxy) is 2. The molecule has 28 heavy (non-hydrogen) atoms. The van der Waals surface area contributed by atoms with Crippen LogP contribution in [-0.2, 0) is 12.6 Å². The average Bonchev–Trinajstić information content (AvgIpc) is 3.29. The topological polar surface area (TPSA) is 48.3 Å². The van der Waals surface area contributed by atoms with Crippen LogP contribution < -0.4 is 14.8 Å². The van der Waals surface area contributed by atoms with E-state index >= 15 is 0 Å². The fourth-order valence-corrected chi connectivity index (χ4v) is 3.39. The average molecular weight is 389 g/mol. The summed E-state index contributed by atoms with van der Waals surface area (Å²) >= 11 is 0. The first-order chi connectivity index (χ1) is 13.4. The van der Waals surface area contributed by atoms with E-state index in [0.29, 0.717) is 41.7 Å². The molecule has 0 unspecified atom stereocenters. The Balaban J connectivity index is 1.89. The van der Waals surface area contributed by atoms with Crippen molar-refractivity contribution in [3.05, 3.63) is 53.6 Å². The van der Waals surface area contributed by atoms with Gasteiger partial charge in [0, 0.05) is 17.7 Å². The quantitative estimate of drug-likeness (QED) is 0.712. The van der Waals surface area contributed by atoms with Gasteiger partial charge in [-0.05, 0) is 42.8 Å². The molecule has 1 N–H and O–H groups in total. The van der Waals surface area contributed by atoms with Gasteiger partial charge in [0.05, 0.1) is 25.5 Å². The van der Waals surface area contributed by atoms with Crippen molar-refractivity contribution in [3.63, 3.8) is 0 Å². The van der Waals surface area contributed by atoms with E-state index < -0.39 is 11.7 Å². The summed E-state index contributed by atoms with van der Waals surface area (Å²) in [6.07, 6.45) is -3.71. The smallest absolute Gasteiger partial charge is 0.416 e. The minimum Gasteiger partial charge on any atom is -0.497 e. The lowest BCUT2D eigenvalue weighted by molar-refractivity contribution is -0.137. The molecule has 0 atom stereocenters. The van der Waals surface area contributed by atoms with E-state index in [1.807, 2.05) is 6.07 Å². The highest BCUT2D eigenvalue weighted by Gasteiger charge is 2.31. The molecule has 0 radical (unpaired) electrons. The SMILES string of the molecule is COc1ccc(OC)c(-c2nn(-c3cccc(C(F)(F)F)c3)c3c2CCN3)c1. The van der Waals surface area contributed by atoms with Gasteiger partial charge in [-0.2, -0.15) is 18.3 Å². The summed E-state index contributed by atoms with van der Waals surface area (Å²) in [4.78, 5) is 0. The van der Waals surface area contributed by atoms with Crippen molar-refractivity contribution in [3.8, 4) is 28.4 Å². The minimum atomic E-state index is -4.42.